The molecule has 13 aromatic rings. The second kappa shape index (κ2) is 14.0. The molecule has 316 valence electrons. The first-order valence-electron chi connectivity index (χ1n) is 23.5. The normalized spacial score (nSPS) is 13.1. The van der Waals surface area contributed by atoms with Gasteiger partial charge in [-0.2, -0.15) is 0 Å². The standard InChI is InChI=1S/C65H40N2O/c1-2-18-45(19-3-1)66(48-34-31-41-15-4-5-16-43(41)38-48)47-20-14-17-44(37-47)42-29-32-46(33-30-42)67-60-40-59-54(39-55(60)52-35-36-62-63(64(52)67)53-24-9-13-28-61(53)68-62)51-23-8-12-27-58(51)65(59)56-25-10-6-21-49(56)50-22-7-11-26-57(50)65/h1-40H. The van der Waals surface area contributed by atoms with Gasteiger partial charge >= 0.3 is 0 Å². The predicted molar refractivity (Wildman–Crippen MR) is 282 cm³/mol. The van der Waals surface area contributed by atoms with Gasteiger partial charge in [-0.25, -0.2) is 0 Å². The molecule has 2 aliphatic rings. The molecular weight excluding hydrogens is 825 g/mol. The van der Waals surface area contributed by atoms with Gasteiger partial charge in [-0.05, 0) is 145 Å². The van der Waals surface area contributed by atoms with Gasteiger partial charge < -0.3 is 13.9 Å². The Morgan fingerprint density at radius 2 is 0.985 bits per heavy atom. The Bertz CT molecular complexity index is 4170. The molecule has 2 aromatic heterocycles. The molecule has 15 rings (SSSR count). The zero-order valence-electron chi connectivity index (χ0n) is 36.9. The Morgan fingerprint density at radius 1 is 0.353 bits per heavy atom. The van der Waals surface area contributed by atoms with Crippen LogP contribution in [0.1, 0.15) is 22.3 Å². The van der Waals surface area contributed by atoms with Crippen LogP contribution in [0, 0.1) is 0 Å². The van der Waals surface area contributed by atoms with Gasteiger partial charge in [0.1, 0.15) is 11.2 Å². The van der Waals surface area contributed by atoms with E-state index in [1.165, 1.54) is 71.6 Å². The molecule has 0 aliphatic heterocycles. The predicted octanol–water partition coefficient (Wildman–Crippen LogP) is 17.3. The molecule has 0 bridgehead atoms. The van der Waals surface area contributed by atoms with E-state index in [9.17, 15) is 0 Å². The molecule has 3 nitrogen and oxygen atoms in total. The third-order valence-electron chi connectivity index (χ3n) is 15.0. The van der Waals surface area contributed by atoms with Crippen LogP contribution in [0.4, 0.5) is 17.1 Å². The molecule has 0 saturated carbocycles. The molecule has 2 aliphatic carbocycles. The summed E-state index contributed by atoms with van der Waals surface area (Å²) in [6.45, 7) is 0. The molecule has 0 atom stereocenters. The molecule has 3 heteroatoms. The molecule has 0 radical (unpaired) electrons. The van der Waals surface area contributed by atoms with Crippen LogP contribution in [0.2, 0.25) is 0 Å². The van der Waals surface area contributed by atoms with Crippen molar-refractivity contribution in [3.8, 4) is 39.1 Å². The first-order valence-corrected chi connectivity index (χ1v) is 23.5. The molecule has 68 heavy (non-hydrogen) atoms. The summed E-state index contributed by atoms with van der Waals surface area (Å²) < 4.78 is 9.11. The number of nitrogens with zero attached hydrogens (tertiary/aromatic N) is 2. The fourth-order valence-corrected chi connectivity index (χ4v) is 12.1. The lowest BCUT2D eigenvalue weighted by Crippen LogP contribution is -2.25. The minimum Gasteiger partial charge on any atom is -0.456 e. The second-order valence-electron chi connectivity index (χ2n) is 18.4. The third kappa shape index (κ3) is 5.07. The Morgan fingerprint density at radius 3 is 1.75 bits per heavy atom. The summed E-state index contributed by atoms with van der Waals surface area (Å²) in [7, 11) is 0. The van der Waals surface area contributed by atoms with Gasteiger partial charge in [-0.15, -0.1) is 0 Å². The first-order chi connectivity index (χ1) is 33.7. The lowest BCUT2D eigenvalue weighted by atomic mass is 9.70. The largest absolute Gasteiger partial charge is 0.456 e. The third-order valence-corrected chi connectivity index (χ3v) is 15.0. The maximum atomic E-state index is 6.60. The Kier molecular flexibility index (Phi) is 7.71. The number of hydrogen-bond donors (Lipinski definition) is 0. The van der Waals surface area contributed by atoms with Crippen LogP contribution < -0.4 is 4.90 Å². The van der Waals surface area contributed by atoms with Crippen LogP contribution in [0.5, 0.6) is 0 Å². The van der Waals surface area contributed by atoms with Crippen LogP contribution >= 0.6 is 0 Å². The summed E-state index contributed by atoms with van der Waals surface area (Å²) in [5, 5.41) is 7.13. The SMILES string of the molecule is c1ccc(N(c2cccc(-c3ccc(-n4c5cc6c(cc5c5ccc7oc8ccccc8c7c54)-c4ccccc4C64c5ccccc5-c5ccccc54)cc3)c2)c2ccc3ccccc3c2)cc1. The second-order valence-corrected chi connectivity index (χ2v) is 18.4. The summed E-state index contributed by atoms with van der Waals surface area (Å²) in [6.07, 6.45) is 0. The average molecular weight is 865 g/mol. The van der Waals surface area contributed by atoms with E-state index >= 15 is 0 Å². The Balaban J connectivity index is 0.949. The summed E-state index contributed by atoms with van der Waals surface area (Å²) in [6, 6.07) is 89.2. The molecule has 0 saturated heterocycles. The maximum absolute atomic E-state index is 6.60. The molecule has 2 heterocycles. The van der Waals surface area contributed by atoms with Crippen molar-refractivity contribution in [2.75, 3.05) is 4.90 Å². The monoisotopic (exact) mass is 864 g/mol. The van der Waals surface area contributed by atoms with Crippen molar-refractivity contribution in [3.63, 3.8) is 0 Å². The van der Waals surface area contributed by atoms with E-state index in [1.807, 2.05) is 0 Å². The fraction of sp³-hybridized carbons (Fsp3) is 0.0154. The topological polar surface area (TPSA) is 21.3 Å². The van der Waals surface area contributed by atoms with Crippen molar-refractivity contribution in [1.82, 2.24) is 4.57 Å². The van der Waals surface area contributed by atoms with E-state index < -0.39 is 5.41 Å². The van der Waals surface area contributed by atoms with Crippen molar-refractivity contribution in [2.24, 2.45) is 0 Å². The summed E-state index contributed by atoms with van der Waals surface area (Å²) >= 11 is 0. The molecule has 11 aromatic carbocycles. The van der Waals surface area contributed by atoms with E-state index in [0.717, 1.165) is 61.3 Å². The highest BCUT2D eigenvalue weighted by atomic mass is 16.3. The summed E-state index contributed by atoms with van der Waals surface area (Å²) in [5.74, 6) is 0. The smallest absolute Gasteiger partial charge is 0.137 e. The van der Waals surface area contributed by atoms with Gasteiger partial charge in [0.2, 0.25) is 0 Å². The van der Waals surface area contributed by atoms with Crippen molar-refractivity contribution in [3.05, 3.63) is 265 Å². The highest BCUT2D eigenvalue weighted by molar-refractivity contribution is 6.25. The molecule has 0 fully saturated rings. The van der Waals surface area contributed by atoms with Gasteiger partial charge in [-0.1, -0.05) is 164 Å². The van der Waals surface area contributed by atoms with Gasteiger partial charge in [0, 0.05) is 38.9 Å². The number of rotatable bonds is 5. The summed E-state index contributed by atoms with van der Waals surface area (Å²) in [5.41, 5.74) is 20.9. The van der Waals surface area contributed by atoms with E-state index in [4.69, 9.17) is 4.42 Å². The molecular formula is C65H40N2O. The van der Waals surface area contributed by atoms with Crippen LogP contribution in [0.25, 0.3) is 93.6 Å². The molecule has 0 amide bonds. The number of furan rings is 1. The zero-order valence-corrected chi connectivity index (χ0v) is 36.9. The highest BCUT2D eigenvalue weighted by Crippen LogP contribution is 2.63. The number of fused-ring (bicyclic) bond motifs is 18. The van der Waals surface area contributed by atoms with E-state index in [2.05, 4.69) is 252 Å². The minimum absolute atomic E-state index is 0.457. The minimum atomic E-state index is -0.457. The van der Waals surface area contributed by atoms with Gasteiger partial charge in [0.25, 0.3) is 0 Å². The molecule has 1 spiro atoms. The number of para-hydroxylation sites is 2. The van der Waals surface area contributed by atoms with Crippen LogP contribution in [-0.2, 0) is 5.41 Å². The highest BCUT2D eigenvalue weighted by Gasteiger charge is 2.51. The molecule has 0 unspecified atom stereocenters. The van der Waals surface area contributed by atoms with Gasteiger partial charge in [0.15, 0.2) is 0 Å². The Hall–Kier alpha value is -8.92. The molecule has 0 N–H and O–H groups in total. The maximum Gasteiger partial charge on any atom is 0.137 e. The van der Waals surface area contributed by atoms with Crippen LogP contribution in [0.3, 0.4) is 0 Å². The quantitative estimate of drug-likeness (QED) is 0.172. The van der Waals surface area contributed by atoms with Crippen molar-refractivity contribution in [2.45, 2.75) is 5.41 Å². The lowest BCUT2D eigenvalue weighted by Gasteiger charge is -2.30. The van der Waals surface area contributed by atoms with Crippen LogP contribution in [-0.4, -0.2) is 4.57 Å². The average Bonchev–Trinajstić information content (AvgIpc) is 4.12. The Labute approximate surface area is 393 Å². The first kappa shape index (κ1) is 37.3. The zero-order chi connectivity index (χ0) is 44.5. The number of anilines is 3. The number of benzene rings is 11. The van der Waals surface area contributed by atoms with Gasteiger partial charge in [-0.3, -0.25) is 0 Å². The number of hydrogen-bond acceptors (Lipinski definition) is 2. The van der Waals surface area contributed by atoms with E-state index in [1.54, 1.807) is 0 Å². The number of aromatic nitrogens is 1. The van der Waals surface area contributed by atoms with Crippen molar-refractivity contribution >= 4 is 71.6 Å². The van der Waals surface area contributed by atoms with Crippen molar-refractivity contribution in [1.29, 1.82) is 0 Å². The summed E-state index contributed by atoms with van der Waals surface area (Å²) in [4.78, 5) is 2.35. The van der Waals surface area contributed by atoms with E-state index in [-0.39, 0.29) is 0 Å². The lowest BCUT2D eigenvalue weighted by molar-refractivity contribution is 0.669. The van der Waals surface area contributed by atoms with Crippen LogP contribution in [0.15, 0.2) is 247 Å². The van der Waals surface area contributed by atoms with Gasteiger partial charge in [0.05, 0.1) is 21.8 Å². The van der Waals surface area contributed by atoms with Crippen molar-refractivity contribution < 1.29 is 4.42 Å². The van der Waals surface area contributed by atoms with E-state index in [0.29, 0.717) is 0 Å². The fourth-order valence-electron chi connectivity index (χ4n) is 12.1.